The molecule has 0 spiro atoms. The number of allylic oxidation sites excluding steroid dienone is 2. The zero-order valence-corrected chi connectivity index (χ0v) is 65.0. The minimum absolute atomic E-state index is 0.0107. The number of carbonyl (C=O) groups is 11. The number of ether oxygens (including phenoxy) is 1. The van der Waals surface area contributed by atoms with E-state index in [1.54, 1.807) is 61.5 Å². The highest BCUT2D eigenvalue weighted by atomic mass is 32.2. The van der Waals surface area contributed by atoms with Crippen molar-refractivity contribution in [3.05, 3.63) is 12.2 Å². The van der Waals surface area contributed by atoms with E-state index in [9.17, 15) is 24.3 Å². The number of likely N-dealkylation sites (N-methyl/N-ethyl adjacent to an activating group) is 7. The Morgan fingerprint density at radius 1 is 0.542 bits per heavy atom. The molecule has 1 rings (SSSR count). The summed E-state index contributed by atoms with van der Waals surface area (Å²) >= 11 is 2.80. The number of hydrogen-bond acceptors (Lipinski definition) is 16. The number of rotatable bonds is 23. The van der Waals surface area contributed by atoms with E-state index in [0.29, 0.717) is 18.7 Å². The van der Waals surface area contributed by atoms with Gasteiger partial charge in [-0.2, -0.15) is 11.8 Å². The van der Waals surface area contributed by atoms with Crippen LogP contribution in [0, 0.1) is 35.5 Å². The SMILES string of the molecule is C/C=C/C[C@@H](C)[C@@H](O)[C@H]1C(=O)N[C@@H](CC)C(=O)N(C)[C@H](CSCCN(C)C)C(=O)N(C)[C@@H](CC(C)(C)OCSC)C(=O)N[C@@H](C(C)C)C(=O)N(C)[C@@H](CC(C)C)C(=O)N[C@@H](C)C(=O)N[C@H](C)C(=O)N(C)[C@@H](CC(C)C)C(=O)N(C)[C@@H](CC(C)C)C(=O)N(C)[C@@H](C(C)C)C(=O)N1C. The summed E-state index contributed by atoms with van der Waals surface area (Å²) < 4.78 is 6.23. The highest BCUT2D eigenvalue weighted by Crippen LogP contribution is 2.28. The Morgan fingerprint density at radius 2 is 0.990 bits per heavy atom. The van der Waals surface area contributed by atoms with Crippen LogP contribution in [0.4, 0.5) is 0 Å². The zero-order chi connectivity index (χ0) is 74.3. The number of thioether (sulfide) groups is 2. The van der Waals surface area contributed by atoms with E-state index in [1.807, 2.05) is 79.8 Å². The average Bonchev–Trinajstić information content (AvgIpc) is 0.811. The monoisotopic (exact) mass is 1390 g/mol. The van der Waals surface area contributed by atoms with Crippen molar-refractivity contribution in [2.24, 2.45) is 35.5 Å². The molecule has 5 N–H and O–H groups in total. The van der Waals surface area contributed by atoms with E-state index in [0.717, 1.165) is 4.90 Å². The first-order valence-electron chi connectivity index (χ1n) is 34.1. The Labute approximate surface area is 584 Å². The first kappa shape index (κ1) is 88.5. The van der Waals surface area contributed by atoms with Crippen LogP contribution in [0.1, 0.15) is 156 Å². The molecule has 25 nitrogen and oxygen atoms in total. The van der Waals surface area contributed by atoms with Crippen LogP contribution >= 0.6 is 23.5 Å². The fraction of sp³-hybridized carbons (Fsp3) is 0.812. The van der Waals surface area contributed by atoms with Crippen molar-refractivity contribution in [2.45, 2.75) is 234 Å². The maximum Gasteiger partial charge on any atom is 0.246 e. The number of nitrogens with zero attached hydrogens (tertiary/aromatic N) is 8. The summed E-state index contributed by atoms with van der Waals surface area (Å²) in [5.74, 6) is -9.10. The lowest BCUT2D eigenvalue weighted by atomic mass is 9.91. The van der Waals surface area contributed by atoms with Crippen LogP contribution in [0.2, 0.25) is 0 Å². The third-order valence-electron chi connectivity index (χ3n) is 17.9. The van der Waals surface area contributed by atoms with E-state index >= 15 is 33.6 Å². The van der Waals surface area contributed by atoms with Gasteiger partial charge in [0, 0.05) is 73.8 Å². The molecule has 27 heteroatoms. The van der Waals surface area contributed by atoms with Crippen LogP contribution in [-0.4, -0.2) is 281 Å². The zero-order valence-electron chi connectivity index (χ0n) is 63.4. The minimum Gasteiger partial charge on any atom is -0.390 e. The first-order chi connectivity index (χ1) is 44.4. The lowest BCUT2D eigenvalue weighted by Crippen LogP contribution is -2.64. The molecule has 1 aliphatic heterocycles. The molecular formula is C69H126N12O13S2. The summed E-state index contributed by atoms with van der Waals surface area (Å²) in [5, 5.41) is 23.5. The van der Waals surface area contributed by atoms with Crippen molar-refractivity contribution in [2.75, 3.05) is 93.7 Å². The maximum absolute atomic E-state index is 15.5. The number of aliphatic hydroxyl groups excluding tert-OH is 1. The molecule has 1 fully saturated rings. The second-order valence-electron chi connectivity index (χ2n) is 29.1. The maximum atomic E-state index is 15.5. The topological polar surface area (TPSA) is 291 Å². The Hall–Kier alpha value is -5.51. The van der Waals surface area contributed by atoms with Gasteiger partial charge in [-0.1, -0.05) is 95.2 Å². The van der Waals surface area contributed by atoms with Crippen molar-refractivity contribution < 1.29 is 62.6 Å². The van der Waals surface area contributed by atoms with Gasteiger partial charge < -0.3 is 70.3 Å². The average molecular weight is 1400 g/mol. The van der Waals surface area contributed by atoms with Gasteiger partial charge in [0.25, 0.3) is 0 Å². The van der Waals surface area contributed by atoms with Gasteiger partial charge in [0.2, 0.25) is 65.0 Å². The Balaban J connectivity index is 4.63. The largest absolute Gasteiger partial charge is 0.390 e. The normalized spacial score (nSPS) is 26.2. The van der Waals surface area contributed by atoms with Crippen LogP contribution in [0.15, 0.2) is 12.2 Å². The molecule has 0 aromatic rings. The summed E-state index contributed by atoms with van der Waals surface area (Å²) in [6.07, 6.45) is 4.53. The number of nitrogens with one attached hydrogen (secondary N) is 4. The van der Waals surface area contributed by atoms with Crippen molar-refractivity contribution in [3.63, 3.8) is 0 Å². The van der Waals surface area contributed by atoms with Gasteiger partial charge in [-0.15, -0.1) is 11.8 Å². The quantitative estimate of drug-likeness (QED) is 0.0539. The Bertz CT molecular complexity index is 2610. The van der Waals surface area contributed by atoms with Gasteiger partial charge in [0.05, 0.1) is 17.6 Å². The Morgan fingerprint density at radius 3 is 1.47 bits per heavy atom. The van der Waals surface area contributed by atoms with Gasteiger partial charge in [-0.25, -0.2) is 0 Å². The fourth-order valence-electron chi connectivity index (χ4n) is 11.7. The predicted octanol–water partition coefficient (Wildman–Crippen LogP) is 4.39. The van der Waals surface area contributed by atoms with E-state index in [-0.39, 0.29) is 61.5 Å². The van der Waals surface area contributed by atoms with Crippen LogP contribution < -0.4 is 21.3 Å². The Kier molecular flexibility index (Phi) is 37.9. The minimum atomic E-state index is -1.65. The van der Waals surface area contributed by atoms with Crippen molar-refractivity contribution >= 4 is 88.5 Å². The summed E-state index contributed by atoms with van der Waals surface area (Å²) in [6, 6.07) is -14.1. The highest BCUT2D eigenvalue weighted by Gasteiger charge is 2.47. The molecule has 0 aromatic carbocycles. The summed E-state index contributed by atoms with van der Waals surface area (Å²) in [7, 11) is 13.8. The van der Waals surface area contributed by atoms with Crippen LogP contribution in [-0.2, 0) is 57.5 Å². The molecule has 552 valence electrons. The van der Waals surface area contributed by atoms with Gasteiger partial charge in [0.1, 0.15) is 66.5 Å². The molecule has 0 saturated carbocycles. The number of aliphatic hydroxyl groups is 1. The molecule has 0 unspecified atom stereocenters. The molecule has 1 heterocycles. The standard InChI is InChI=1S/C69H126N12O13S2/c1-28-30-31-45(13)57(82)56-61(86)72-48(29-2)63(88)79(24)53(38-96-33-32-74(18)19)66(91)78(23)52(37-69(16,17)94-39-95-27)60(85)73-54(43(9)10)67(92)75(20)49(34-40(3)4)59(84)70-46(14)58(83)71-47(15)62(87)76(21)50(35-41(5)6)64(89)77(22)51(36-42(7)8)65(90)80(25)55(44(11)12)68(93)81(56)26/h28,30,40-57,82H,29,31-39H2,1-27H3,(H,70,84)(H,71,83)(H,72,86)(H,73,85)/b30-28+/t45-,46+,47-,48+,49+,50+,51+,52+,53-,54+,55+,56+,57-/m1/s1. The van der Waals surface area contributed by atoms with E-state index in [4.69, 9.17) is 4.74 Å². The molecule has 1 aliphatic rings. The summed E-state index contributed by atoms with van der Waals surface area (Å²) in [5.41, 5.74) is -1.05. The number of carbonyl (C=O) groups excluding carboxylic acids is 11. The first-order valence-corrected chi connectivity index (χ1v) is 36.7. The second-order valence-corrected chi connectivity index (χ2v) is 31.0. The second kappa shape index (κ2) is 41.2. The van der Waals surface area contributed by atoms with Gasteiger partial charge in [-0.05, 0) is 123 Å². The third kappa shape index (κ3) is 26.0. The predicted molar refractivity (Wildman–Crippen MR) is 382 cm³/mol. The van der Waals surface area contributed by atoms with E-state index in [1.165, 1.54) is 116 Å². The van der Waals surface area contributed by atoms with Crippen LogP contribution in [0.25, 0.3) is 0 Å². The molecule has 0 aliphatic carbocycles. The fourth-order valence-corrected chi connectivity index (χ4v) is 13.4. The van der Waals surface area contributed by atoms with Gasteiger partial charge >= 0.3 is 0 Å². The molecule has 0 bridgehead atoms. The van der Waals surface area contributed by atoms with Crippen molar-refractivity contribution in [3.8, 4) is 0 Å². The molecule has 13 atom stereocenters. The molecule has 11 amide bonds. The number of hydrogen-bond donors (Lipinski definition) is 5. The molecule has 1 saturated heterocycles. The highest BCUT2D eigenvalue weighted by molar-refractivity contribution is 7.99. The van der Waals surface area contributed by atoms with Crippen LogP contribution in [0.3, 0.4) is 0 Å². The smallest absolute Gasteiger partial charge is 0.246 e. The lowest BCUT2D eigenvalue weighted by molar-refractivity contribution is -0.157. The van der Waals surface area contributed by atoms with E-state index < -0.39 is 161 Å². The van der Waals surface area contributed by atoms with Gasteiger partial charge in [-0.3, -0.25) is 52.7 Å². The van der Waals surface area contributed by atoms with Crippen LogP contribution in [0.5, 0.6) is 0 Å². The number of amides is 11. The van der Waals surface area contributed by atoms with Crippen molar-refractivity contribution in [1.82, 2.24) is 60.5 Å². The van der Waals surface area contributed by atoms with Gasteiger partial charge in [0.15, 0.2) is 0 Å². The van der Waals surface area contributed by atoms with Crippen molar-refractivity contribution in [1.29, 1.82) is 0 Å². The third-order valence-corrected chi connectivity index (χ3v) is 19.3. The summed E-state index contributed by atoms with van der Waals surface area (Å²) in [6.45, 7) is 30.4. The summed E-state index contributed by atoms with van der Waals surface area (Å²) in [4.78, 5) is 176. The molecule has 0 aromatic heterocycles. The molecule has 0 radical (unpaired) electrons. The lowest BCUT2D eigenvalue weighted by Gasteiger charge is -2.41. The molecule has 96 heavy (non-hydrogen) atoms. The molecular weight excluding hydrogens is 1270 g/mol. The van der Waals surface area contributed by atoms with E-state index in [2.05, 4.69) is 21.3 Å².